The molecule has 2 aromatic rings. The molecule has 7 heteroatoms. The first-order valence-corrected chi connectivity index (χ1v) is 10.6. The molecule has 0 bridgehead atoms. The van der Waals surface area contributed by atoms with Crippen LogP contribution in [-0.4, -0.2) is 56.6 Å². The smallest absolute Gasteiger partial charge is 0.233 e. The van der Waals surface area contributed by atoms with E-state index in [2.05, 4.69) is 26.9 Å². The lowest BCUT2D eigenvalue weighted by Crippen LogP contribution is -2.48. The van der Waals surface area contributed by atoms with Gasteiger partial charge in [0.2, 0.25) is 5.91 Å². The van der Waals surface area contributed by atoms with E-state index in [0.29, 0.717) is 24.8 Å². The molecular formula is C20H26N4O2S. The molecule has 6 nitrogen and oxygen atoms in total. The van der Waals surface area contributed by atoms with Crippen molar-refractivity contribution < 1.29 is 9.53 Å². The number of morpholine rings is 1. The maximum absolute atomic E-state index is 12.7. The number of aromatic nitrogens is 3. The van der Waals surface area contributed by atoms with Gasteiger partial charge < -0.3 is 14.2 Å². The van der Waals surface area contributed by atoms with Crippen LogP contribution in [0.2, 0.25) is 0 Å². The van der Waals surface area contributed by atoms with Gasteiger partial charge >= 0.3 is 0 Å². The molecule has 0 unspecified atom stereocenters. The summed E-state index contributed by atoms with van der Waals surface area (Å²) in [6, 6.07) is 10.4. The Bertz CT molecular complexity index is 781. The van der Waals surface area contributed by atoms with E-state index in [4.69, 9.17) is 4.74 Å². The van der Waals surface area contributed by atoms with Gasteiger partial charge in [-0.3, -0.25) is 4.79 Å². The number of carbonyl (C=O) groups excluding carboxylic acids is 1. The zero-order chi connectivity index (χ0) is 18.8. The summed E-state index contributed by atoms with van der Waals surface area (Å²) in [6.07, 6.45) is 2.54. The van der Waals surface area contributed by atoms with Crippen LogP contribution in [0.25, 0.3) is 0 Å². The van der Waals surface area contributed by atoms with Crippen molar-refractivity contribution in [2.75, 3.05) is 18.8 Å². The van der Waals surface area contributed by atoms with Crippen LogP contribution in [0, 0.1) is 0 Å². The summed E-state index contributed by atoms with van der Waals surface area (Å²) in [4.78, 5) is 14.6. The van der Waals surface area contributed by atoms with Crippen LogP contribution in [0.15, 0.2) is 35.5 Å². The Morgan fingerprint density at radius 2 is 1.85 bits per heavy atom. The Balaban J connectivity index is 1.45. The van der Waals surface area contributed by atoms with Gasteiger partial charge in [-0.1, -0.05) is 42.1 Å². The minimum absolute atomic E-state index is 0.0888. The summed E-state index contributed by atoms with van der Waals surface area (Å²) in [5.74, 6) is 2.11. The molecular weight excluding hydrogens is 360 g/mol. The van der Waals surface area contributed by atoms with E-state index in [9.17, 15) is 4.79 Å². The second-order valence-electron chi connectivity index (χ2n) is 7.53. The molecule has 1 aromatic carbocycles. The van der Waals surface area contributed by atoms with Crippen LogP contribution >= 0.6 is 11.8 Å². The lowest BCUT2D eigenvalue weighted by molar-refractivity contribution is -0.140. The summed E-state index contributed by atoms with van der Waals surface area (Å²) in [5, 5.41) is 9.67. The number of benzene rings is 1. The summed E-state index contributed by atoms with van der Waals surface area (Å²) in [5.41, 5.74) is 1.23. The number of thioether (sulfide) groups is 1. The first-order chi connectivity index (χ1) is 13.1. The highest BCUT2D eigenvalue weighted by molar-refractivity contribution is 7.99. The van der Waals surface area contributed by atoms with Crippen LogP contribution < -0.4 is 0 Å². The van der Waals surface area contributed by atoms with Gasteiger partial charge in [-0.2, -0.15) is 0 Å². The van der Waals surface area contributed by atoms with Crippen LogP contribution in [0.4, 0.5) is 0 Å². The van der Waals surface area contributed by atoms with E-state index in [1.807, 2.05) is 36.9 Å². The lowest BCUT2D eigenvalue weighted by atomic mass is 10.2. The molecule has 1 amide bonds. The second-order valence-corrected chi connectivity index (χ2v) is 8.47. The Morgan fingerprint density at radius 1 is 1.15 bits per heavy atom. The molecule has 1 aliphatic heterocycles. The van der Waals surface area contributed by atoms with Crippen molar-refractivity contribution in [3.8, 4) is 0 Å². The summed E-state index contributed by atoms with van der Waals surface area (Å²) in [7, 11) is 0. The standard InChI is InChI=1S/C20H26N4O2S/c1-14-10-23(11-15(2)26-14)18(25)13-27-20-22-21-19(17-8-9-17)24(20)12-16-6-4-3-5-7-16/h3-7,14-15,17H,8-13H2,1-2H3/t14-,15+. The van der Waals surface area contributed by atoms with Crippen molar-refractivity contribution >= 4 is 17.7 Å². The zero-order valence-electron chi connectivity index (χ0n) is 15.9. The third kappa shape index (κ3) is 4.52. The number of carbonyl (C=O) groups is 1. The summed E-state index contributed by atoms with van der Waals surface area (Å²) >= 11 is 1.49. The molecule has 1 aromatic heterocycles. The van der Waals surface area contributed by atoms with E-state index in [0.717, 1.165) is 17.5 Å². The lowest BCUT2D eigenvalue weighted by Gasteiger charge is -2.35. The van der Waals surface area contributed by atoms with Crippen molar-refractivity contribution in [2.24, 2.45) is 0 Å². The highest BCUT2D eigenvalue weighted by atomic mass is 32.2. The predicted molar refractivity (Wildman–Crippen MR) is 105 cm³/mol. The van der Waals surface area contributed by atoms with Gasteiger partial charge in [0, 0.05) is 19.0 Å². The molecule has 27 heavy (non-hydrogen) atoms. The SMILES string of the molecule is C[C@@H]1CN(C(=O)CSc2nnc(C3CC3)n2Cc2ccccc2)C[C@H](C)O1. The Kier molecular flexibility index (Phi) is 5.50. The Labute approximate surface area is 164 Å². The molecule has 2 aliphatic rings. The number of hydrogen-bond acceptors (Lipinski definition) is 5. The van der Waals surface area contributed by atoms with Crippen molar-refractivity contribution in [3.05, 3.63) is 41.7 Å². The fourth-order valence-electron chi connectivity index (χ4n) is 3.56. The quantitative estimate of drug-likeness (QED) is 0.715. The maximum atomic E-state index is 12.7. The average Bonchev–Trinajstić information content (AvgIpc) is 3.42. The monoisotopic (exact) mass is 386 g/mol. The van der Waals surface area contributed by atoms with E-state index in [1.54, 1.807) is 0 Å². The molecule has 1 aliphatic carbocycles. The first-order valence-electron chi connectivity index (χ1n) is 9.63. The molecule has 1 saturated heterocycles. The molecule has 144 valence electrons. The molecule has 0 radical (unpaired) electrons. The number of hydrogen-bond donors (Lipinski definition) is 0. The van der Waals surface area contributed by atoms with Crippen LogP contribution in [0.3, 0.4) is 0 Å². The average molecular weight is 387 g/mol. The summed E-state index contributed by atoms with van der Waals surface area (Å²) < 4.78 is 7.91. The molecule has 2 atom stereocenters. The van der Waals surface area contributed by atoms with E-state index in [-0.39, 0.29) is 18.1 Å². The molecule has 2 fully saturated rings. The van der Waals surface area contributed by atoms with Crippen molar-refractivity contribution in [3.63, 3.8) is 0 Å². The van der Waals surface area contributed by atoms with Gasteiger partial charge in [0.1, 0.15) is 5.82 Å². The van der Waals surface area contributed by atoms with Gasteiger partial charge in [-0.25, -0.2) is 0 Å². The Morgan fingerprint density at radius 3 is 2.52 bits per heavy atom. The predicted octanol–water partition coefficient (Wildman–Crippen LogP) is 2.93. The van der Waals surface area contributed by atoms with Gasteiger partial charge in [0.15, 0.2) is 5.16 Å². The van der Waals surface area contributed by atoms with Crippen LogP contribution in [0.1, 0.15) is 44.0 Å². The third-order valence-electron chi connectivity index (χ3n) is 4.97. The van der Waals surface area contributed by atoms with Gasteiger partial charge in [0.05, 0.1) is 24.5 Å². The largest absolute Gasteiger partial charge is 0.372 e. The van der Waals surface area contributed by atoms with Gasteiger partial charge in [0.25, 0.3) is 0 Å². The number of nitrogens with zero attached hydrogens (tertiary/aromatic N) is 4. The minimum atomic E-state index is 0.0888. The van der Waals surface area contributed by atoms with Gasteiger partial charge in [-0.15, -0.1) is 10.2 Å². The van der Waals surface area contributed by atoms with E-state index in [1.165, 1.54) is 30.2 Å². The molecule has 4 rings (SSSR count). The maximum Gasteiger partial charge on any atom is 0.233 e. The van der Waals surface area contributed by atoms with Crippen molar-refractivity contribution in [1.29, 1.82) is 0 Å². The highest BCUT2D eigenvalue weighted by Gasteiger charge is 2.31. The van der Waals surface area contributed by atoms with Crippen molar-refractivity contribution in [1.82, 2.24) is 19.7 Å². The fourth-order valence-corrected chi connectivity index (χ4v) is 4.41. The van der Waals surface area contributed by atoms with Crippen LogP contribution in [-0.2, 0) is 16.1 Å². The molecule has 0 spiro atoms. The third-order valence-corrected chi connectivity index (χ3v) is 5.92. The summed E-state index contributed by atoms with van der Waals surface area (Å²) in [6.45, 7) is 6.10. The number of ether oxygens (including phenoxy) is 1. The van der Waals surface area contributed by atoms with Crippen molar-refractivity contribution in [2.45, 2.75) is 56.5 Å². The Hall–Kier alpha value is -1.86. The zero-order valence-corrected chi connectivity index (χ0v) is 16.7. The first kappa shape index (κ1) is 18.5. The highest BCUT2D eigenvalue weighted by Crippen LogP contribution is 2.40. The molecule has 2 heterocycles. The number of rotatable bonds is 6. The minimum Gasteiger partial charge on any atom is -0.372 e. The van der Waals surface area contributed by atoms with Crippen LogP contribution in [0.5, 0.6) is 0 Å². The normalized spacial score (nSPS) is 22.8. The number of amides is 1. The topological polar surface area (TPSA) is 60.2 Å². The van der Waals surface area contributed by atoms with E-state index < -0.39 is 0 Å². The second kappa shape index (κ2) is 8.02. The van der Waals surface area contributed by atoms with Gasteiger partial charge in [-0.05, 0) is 32.3 Å². The van der Waals surface area contributed by atoms with E-state index >= 15 is 0 Å². The molecule has 1 saturated carbocycles. The fraction of sp³-hybridized carbons (Fsp3) is 0.550. The molecule has 0 N–H and O–H groups in total.